The summed E-state index contributed by atoms with van der Waals surface area (Å²) >= 11 is 3.42. The Kier molecular flexibility index (Phi) is 6.69. The predicted molar refractivity (Wildman–Crippen MR) is 110 cm³/mol. The molecule has 0 unspecified atom stereocenters. The van der Waals surface area contributed by atoms with Crippen molar-refractivity contribution in [2.24, 2.45) is 0 Å². The van der Waals surface area contributed by atoms with E-state index in [-0.39, 0.29) is 5.91 Å². The highest BCUT2D eigenvalue weighted by atomic mass is 79.9. The van der Waals surface area contributed by atoms with Gasteiger partial charge in [0.15, 0.2) is 0 Å². The average molecular weight is 417 g/mol. The van der Waals surface area contributed by atoms with Crippen LogP contribution in [0, 0.1) is 0 Å². The monoisotopic (exact) mass is 416 g/mol. The predicted octanol–water partition coefficient (Wildman–Crippen LogP) is 4.64. The Balaban J connectivity index is 1.47. The summed E-state index contributed by atoms with van der Waals surface area (Å²) in [6, 6.07) is 16.2. The molecule has 138 valence electrons. The van der Waals surface area contributed by atoms with Crippen LogP contribution in [0.1, 0.15) is 24.8 Å². The Hall–Kier alpha value is -1.85. The molecule has 5 heteroatoms. The van der Waals surface area contributed by atoms with Crippen molar-refractivity contribution in [1.82, 2.24) is 0 Å². The van der Waals surface area contributed by atoms with E-state index < -0.39 is 0 Å². The lowest BCUT2D eigenvalue weighted by Gasteiger charge is -2.33. The number of anilines is 2. The van der Waals surface area contributed by atoms with Crippen molar-refractivity contribution in [2.75, 3.05) is 30.4 Å². The number of carbonyl (C=O) groups excluding carboxylic acids is 1. The fourth-order valence-electron chi connectivity index (χ4n) is 3.24. The van der Waals surface area contributed by atoms with Crippen LogP contribution in [-0.2, 0) is 16.0 Å². The fourth-order valence-corrected chi connectivity index (χ4v) is 3.50. The molecule has 3 rings (SSSR count). The summed E-state index contributed by atoms with van der Waals surface area (Å²) in [7, 11) is 1.79. The number of carbonyl (C=O) groups is 1. The van der Waals surface area contributed by atoms with Crippen molar-refractivity contribution in [3.8, 4) is 0 Å². The first-order valence-corrected chi connectivity index (χ1v) is 9.85. The highest BCUT2D eigenvalue weighted by Gasteiger charge is 2.18. The molecule has 1 aliphatic rings. The molecule has 0 bridgehead atoms. The van der Waals surface area contributed by atoms with Gasteiger partial charge in [-0.15, -0.1) is 0 Å². The quantitative estimate of drug-likeness (QED) is 0.745. The van der Waals surface area contributed by atoms with Crippen LogP contribution >= 0.6 is 15.9 Å². The molecule has 0 spiro atoms. The van der Waals surface area contributed by atoms with E-state index in [2.05, 4.69) is 38.3 Å². The summed E-state index contributed by atoms with van der Waals surface area (Å²) in [6.45, 7) is 2.02. The molecule has 1 N–H and O–H groups in total. The molecule has 2 aromatic carbocycles. The standard InChI is InChI=1S/C21H25BrN2O2/c1-26-20-12-14-24(15-13-20)19-9-7-18(8-10-19)23-21(25)11-4-16-2-5-17(22)6-3-16/h2-3,5-10,20H,4,11-15H2,1H3,(H,23,25). The third-order valence-corrected chi connectivity index (χ3v) is 5.37. The van der Waals surface area contributed by atoms with E-state index in [1.54, 1.807) is 7.11 Å². The van der Waals surface area contributed by atoms with Crippen LogP contribution in [0.15, 0.2) is 53.0 Å². The van der Waals surface area contributed by atoms with Crippen molar-refractivity contribution in [3.63, 3.8) is 0 Å². The summed E-state index contributed by atoms with van der Waals surface area (Å²) in [4.78, 5) is 14.5. The first-order valence-electron chi connectivity index (χ1n) is 9.06. The zero-order valence-corrected chi connectivity index (χ0v) is 16.7. The molecule has 1 fully saturated rings. The Bertz CT molecular complexity index is 708. The van der Waals surface area contributed by atoms with Gasteiger partial charge in [0.25, 0.3) is 0 Å². The maximum atomic E-state index is 12.2. The van der Waals surface area contributed by atoms with Crippen molar-refractivity contribution in [1.29, 1.82) is 0 Å². The van der Waals surface area contributed by atoms with Crippen molar-refractivity contribution in [2.45, 2.75) is 31.8 Å². The van der Waals surface area contributed by atoms with Gasteiger partial charge in [-0.1, -0.05) is 28.1 Å². The van der Waals surface area contributed by atoms with Gasteiger partial charge in [0, 0.05) is 42.5 Å². The zero-order valence-electron chi connectivity index (χ0n) is 15.1. The summed E-state index contributed by atoms with van der Waals surface area (Å²) in [6.07, 6.45) is 3.73. The second-order valence-electron chi connectivity index (χ2n) is 6.64. The molecule has 0 saturated carbocycles. The molecule has 26 heavy (non-hydrogen) atoms. The number of benzene rings is 2. The first-order chi connectivity index (χ1) is 12.6. The second kappa shape index (κ2) is 9.19. The minimum atomic E-state index is 0.0431. The number of nitrogens with one attached hydrogen (secondary N) is 1. The van der Waals surface area contributed by atoms with Crippen LogP contribution < -0.4 is 10.2 Å². The largest absolute Gasteiger partial charge is 0.381 e. The normalized spacial score (nSPS) is 15.1. The van der Waals surface area contributed by atoms with Gasteiger partial charge in [-0.3, -0.25) is 4.79 Å². The van der Waals surface area contributed by atoms with Crippen molar-refractivity contribution in [3.05, 3.63) is 58.6 Å². The molecule has 0 atom stereocenters. The van der Waals surface area contributed by atoms with E-state index in [9.17, 15) is 4.79 Å². The third kappa shape index (κ3) is 5.32. The highest BCUT2D eigenvalue weighted by Crippen LogP contribution is 2.23. The lowest BCUT2D eigenvalue weighted by atomic mass is 10.1. The number of halogens is 1. The number of ether oxygens (including phenoxy) is 1. The topological polar surface area (TPSA) is 41.6 Å². The van der Waals surface area contributed by atoms with Crippen LogP contribution in [-0.4, -0.2) is 32.2 Å². The van der Waals surface area contributed by atoms with Gasteiger partial charge in [0.2, 0.25) is 5.91 Å². The molecule has 4 nitrogen and oxygen atoms in total. The second-order valence-corrected chi connectivity index (χ2v) is 7.56. The summed E-state index contributed by atoms with van der Waals surface area (Å²) < 4.78 is 6.48. The molecule has 0 aliphatic carbocycles. The fraction of sp³-hybridized carbons (Fsp3) is 0.381. The number of piperidine rings is 1. The van der Waals surface area contributed by atoms with Crippen LogP contribution in [0.25, 0.3) is 0 Å². The number of methoxy groups -OCH3 is 1. The SMILES string of the molecule is COC1CCN(c2ccc(NC(=O)CCc3ccc(Br)cc3)cc2)CC1. The molecular formula is C21H25BrN2O2. The maximum absolute atomic E-state index is 12.2. The minimum absolute atomic E-state index is 0.0431. The zero-order chi connectivity index (χ0) is 18.4. The van der Waals surface area contributed by atoms with E-state index in [1.807, 2.05) is 36.4 Å². The molecule has 1 amide bonds. The number of hydrogen-bond acceptors (Lipinski definition) is 3. The van der Waals surface area contributed by atoms with Crippen LogP contribution in [0.4, 0.5) is 11.4 Å². The first kappa shape index (κ1) is 18.9. The van der Waals surface area contributed by atoms with Crippen LogP contribution in [0.3, 0.4) is 0 Å². The smallest absolute Gasteiger partial charge is 0.224 e. The summed E-state index contributed by atoms with van der Waals surface area (Å²) in [5.74, 6) is 0.0431. The lowest BCUT2D eigenvalue weighted by molar-refractivity contribution is -0.116. The van der Waals surface area contributed by atoms with E-state index in [0.29, 0.717) is 12.5 Å². The van der Waals surface area contributed by atoms with E-state index in [0.717, 1.165) is 48.1 Å². The Morgan fingerprint density at radius 2 is 1.77 bits per heavy atom. The number of rotatable bonds is 6. The Morgan fingerprint density at radius 3 is 2.38 bits per heavy atom. The van der Waals surface area contributed by atoms with Gasteiger partial charge in [-0.25, -0.2) is 0 Å². The van der Waals surface area contributed by atoms with Crippen molar-refractivity contribution < 1.29 is 9.53 Å². The van der Waals surface area contributed by atoms with Crippen molar-refractivity contribution >= 4 is 33.2 Å². The maximum Gasteiger partial charge on any atom is 0.224 e. The van der Waals surface area contributed by atoms with E-state index >= 15 is 0 Å². The van der Waals surface area contributed by atoms with Gasteiger partial charge in [-0.2, -0.15) is 0 Å². The number of hydrogen-bond donors (Lipinski definition) is 1. The van der Waals surface area contributed by atoms with Gasteiger partial charge in [-0.05, 0) is 61.2 Å². The summed E-state index contributed by atoms with van der Waals surface area (Å²) in [5, 5.41) is 2.98. The number of nitrogens with zero attached hydrogens (tertiary/aromatic N) is 1. The summed E-state index contributed by atoms with van der Waals surface area (Å²) in [5.41, 5.74) is 3.21. The molecule has 2 aromatic rings. The van der Waals surface area contributed by atoms with Gasteiger partial charge in [0.1, 0.15) is 0 Å². The highest BCUT2D eigenvalue weighted by molar-refractivity contribution is 9.10. The molecule has 1 aliphatic heterocycles. The lowest BCUT2D eigenvalue weighted by Crippen LogP contribution is -2.36. The van der Waals surface area contributed by atoms with Gasteiger partial charge < -0.3 is 15.0 Å². The number of amides is 1. The molecule has 1 heterocycles. The van der Waals surface area contributed by atoms with Gasteiger partial charge in [0.05, 0.1) is 6.10 Å². The van der Waals surface area contributed by atoms with E-state index in [4.69, 9.17) is 4.74 Å². The Morgan fingerprint density at radius 1 is 1.12 bits per heavy atom. The average Bonchev–Trinajstić information content (AvgIpc) is 2.68. The minimum Gasteiger partial charge on any atom is -0.381 e. The number of aryl methyl sites for hydroxylation is 1. The van der Waals surface area contributed by atoms with E-state index in [1.165, 1.54) is 5.69 Å². The Labute approximate surface area is 163 Å². The molecular weight excluding hydrogens is 392 g/mol. The van der Waals surface area contributed by atoms with Crippen LogP contribution in [0.5, 0.6) is 0 Å². The molecule has 0 aromatic heterocycles. The van der Waals surface area contributed by atoms with Gasteiger partial charge >= 0.3 is 0 Å². The van der Waals surface area contributed by atoms with Crippen LogP contribution in [0.2, 0.25) is 0 Å². The third-order valence-electron chi connectivity index (χ3n) is 4.85. The molecule has 1 saturated heterocycles. The molecule has 0 radical (unpaired) electrons.